The lowest BCUT2D eigenvalue weighted by molar-refractivity contribution is -0.384. The molecule has 0 radical (unpaired) electrons. The Kier molecular flexibility index (Phi) is 4.38. The molecule has 110 valence electrons. The third-order valence-electron chi connectivity index (χ3n) is 2.57. The van der Waals surface area contributed by atoms with E-state index in [1.54, 1.807) is 0 Å². The Labute approximate surface area is 120 Å². The molecule has 2 aromatic rings. The summed E-state index contributed by atoms with van der Waals surface area (Å²) >= 11 is 0. The van der Waals surface area contributed by atoms with Gasteiger partial charge in [0.1, 0.15) is 0 Å². The molecule has 1 N–H and O–H groups in total. The number of hydrogen-bond donors (Lipinski definition) is 1. The molecule has 0 fully saturated rings. The Bertz CT molecular complexity index is 697. The first-order chi connectivity index (χ1) is 9.97. The van der Waals surface area contributed by atoms with Gasteiger partial charge >= 0.3 is 5.97 Å². The normalized spacial score (nSPS) is 12.0. The number of carboxylic acids is 1. The van der Waals surface area contributed by atoms with Crippen molar-refractivity contribution in [2.75, 3.05) is 5.75 Å². The number of aryl methyl sites for hydroxylation is 1. The van der Waals surface area contributed by atoms with Gasteiger partial charge in [-0.25, -0.2) is 4.79 Å². The first-order valence-electron chi connectivity index (χ1n) is 5.73. The Morgan fingerprint density at radius 2 is 2.05 bits per heavy atom. The van der Waals surface area contributed by atoms with Crippen LogP contribution >= 0.6 is 0 Å². The molecule has 1 unspecified atom stereocenters. The number of hydrogen-bond acceptors (Lipinski definition) is 6. The second-order valence-electron chi connectivity index (χ2n) is 3.97. The summed E-state index contributed by atoms with van der Waals surface area (Å²) in [6.45, 7) is 0.226. The van der Waals surface area contributed by atoms with Crippen molar-refractivity contribution in [2.45, 2.75) is 11.4 Å². The van der Waals surface area contributed by atoms with Crippen LogP contribution in [0.3, 0.4) is 0 Å². The number of rotatable bonds is 6. The first kappa shape index (κ1) is 14.8. The predicted octanol–water partition coefficient (Wildman–Crippen LogP) is 0.692. The van der Waals surface area contributed by atoms with Gasteiger partial charge in [-0.05, 0) is 12.1 Å². The highest BCUT2D eigenvalue weighted by atomic mass is 32.2. The van der Waals surface area contributed by atoms with E-state index in [9.17, 15) is 19.1 Å². The molecule has 0 spiro atoms. The molecule has 2 rings (SSSR count). The van der Waals surface area contributed by atoms with Crippen molar-refractivity contribution >= 4 is 22.5 Å². The first-order valence-corrected chi connectivity index (χ1v) is 7.05. The van der Waals surface area contributed by atoms with Crippen molar-refractivity contribution < 1.29 is 19.0 Å². The largest absolute Gasteiger partial charge is 0.476 e. The highest BCUT2D eigenvalue weighted by molar-refractivity contribution is 7.85. The standard InChI is InChI=1S/C11H10N4O5S/c16-11(17)10-7-14(13-12-10)5-6-21(20)9-3-1-8(2-4-9)15(18)19/h1-4,7H,5-6H2,(H,16,17). The molecule has 1 aromatic carbocycles. The molecule has 1 heterocycles. The predicted molar refractivity (Wildman–Crippen MR) is 71.4 cm³/mol. The van der Waals surface area contributed by atoms with Crippen LogP contribution in [-0.4, -0.2) is 41.0 Å². The van der Waals surface area contributed by atoms with Gasteiger partial charge in [-0.15, -0.1) is 5.10 Å². The lowest BCUT2D eigenvalue weighted by Gasteiger charge is -2.02. The van der Waals surface area contributed by atoms with Crippen molar-refractivity contribution in [1.82, 2.24) is 15.0 Å². The fourth-order valence-corrected chi connectivity index (χ4v) is 2.55. The maximum absolute atomic E-state index is 12.0. The Morgan fingerprint density at radius 1 is 1.38 bits per heavy atom. The summed E-state index contributed by atoms with van der Waals surface area (Å²) in [5, 5.41) is 26.2. The van der Waals surface area contributed by atoms with Gasteiger partial charge in [-0.3, -0.25) is 19.0 Å². The summed E-state index contributed by atoms with van der Waals surface area (Å²) < 4.78 is 13.3. The molecule has 1 atom stereocenters. The van der Waals surface area contributed by atoms with Gasteiger partial charge in [0.15, 0.2) is 5.69 Å². The second-order valence-corrected chi connectivity index (χ2v) is 5.54. The van der Waals surface area contributed by atoms with E-state index in [1.165, 1.54) is 35.1 Å². The second kappa shape index (κ2) is 6.22. The number of carbonyl (C=O) groups is 1. The molecule has 1 aromatic heterocycles. The van der Waals surface area contributed by atoms with E-state index < -0.39 is 21.7 Å². The molecule has 0 bridgehead atoms. The smallest absolute Gasteiger partial charge is 0.358 e. The van der Waals surface area contributed by atoms with Crippen LogP contribution in [0.15, 0.2) is 35.4 Å². The molecule has 0 saturated heterocycles. The van der Waals surface area contributed by atoms with Gasteiger partial charge in [0.05, 0.1) is 28.5 Å². The van der Waals surface area contributed by atoms with Gasteiger partial charge in [-0.2, -0.15) is 0 Å². The number of aromatic carboxylic acids is 1. The van der Waals surface area contributed by atoms with Gasteiger partial charge in [0, 0.05) is 22.8 Å². The molecule has 9 nitrogen and oxygen atoms in total. The molecule has 21 heavy (non-hydrogen) atoms. The summed E-state index contributed by atoms with van der Waals surface area (Å²) in [7, 11) is -1.37. The Morgan fingerprint density at radius 3 is 2.57 bits per heavy atom. The maximum Gasteiger partial charge on any atom is 0.358 e. The van der Waals surface area contributed by atoms with Crippen LogP contribution in [0.2, 0.25) is 0 Å². The molecule has 0 aliphatic heterocycles. The fraction of sp³-hybridized carbons (Fsp3) is 0.182. The van der Waals surface area contributed by atoms with Gasteiger partial charge < -0.3 is 5.11 Å². The highest BCUT2D eigenvalue weighted by Crippen LogP contribution is 2.14. The van der Waals surface area contributed by atoms with E-state index in [2.05, 4.69) is 10.3 Å². The van der Waals surface area contributed by atoms with Crippen molar-refractivity contribution in [1.29, 1.82) is 0 Å². The van der Waals surface area contributed by atoms with Crippen molar-refractivity contribution in [3.8, 4) is 0 Å². The monoisotopic (exact) mass is 310 g/mol. The average Bonchev–Trinajstić information content (AvgIpc) is 2.94. The minimum atomic E-state index is -1.37. The minimum absolute atomic E-state index is 0.0712. The third kappa shape index (κ3) is 3.69. The topological polar surface area (TPSA) is 128 Å². The van der Waals surface area contributed by atoms with E-state index in [0.29, 0.717) is 4.90 Å². The van der Waals surface area contributed by atoms with E-state index >= 15 is 0 Å². The molecule has 0 aliphatic carbocycles. The summed E-state index contributed by atoms with van der Waals surface area (Å²) in [6.07, 6.45) is 1.25. The van der Waals surface area contributed by atoms with Crippen LogP contribution in [0.4, 0.5) is 5.69 Å². The van der Waals surface area contributed by atoms with Gasteiger partial charge in [0.25, 0.3) is 5.69 Å². The van der Waals surface area contributed by atoms with Gasteiger partial charge in [-0.1, -0.05) is 5.21 Å². The Balaban J connectivity index is 1.97. The number of aromatic nitrogens is 3. The summed E-state index contributed by atoms with van der Waals surface area (Å²) in [5.74, 6) is -0.988. The van der Waals surface area contributed by atoms with Crippen LogP contribution in [0.1, 0.15) is 10.5 Å². The lowest BCUT2D eigenvalue weighted by atomic mass is 10.3. The average molecular weight is 310 g/mol. The molecular formula is C11H10N4O5S. The SMILES string of the molecule is O=C(O)c1cn(CCS(=O)c2ccc([N+](=O)[O-])cc2)nn1. The molecule has 10 heteroatoms. The van der Waals surface area contributed by atoms with Crippen LogP contribution in [-0.2, 0) is 17.3 Å². The van der Waals surface area contributed by atoms with Crippen molar-refractivity contribution in [3.63, 3.8) is 0 Å². The summed E-state index contributed by atoms with van der Waals surface area (Å²) in [5.41, 5.74) is -0.255. The van der Waals surface area contributed by atoms with E-state index in [1.807, 2.05) is 0 Å². The molecule has 0 saturated carbocycles. The van der Waals surface area contributed by atoms with Crippen molar-refractivity contribution in [3.05, 3.63) is 46.3 Å². The summed E-state index contributed by atoms with van der Waals surface area (Å²) in [6, 6.07) is 5.42. The highest BCUT2D eigenvalue weighted by Gasteiger charge is 2.11. The molecule has 0 amide bonds. The zero-order valence-corrected chi connectivity index (χ0v) is 11.4. The maximum atomic E-state index is 12.0. The number of non-ortho nitro benzene ring substituents is 1. The number of nitrogens with zero attached hydrogens (tertiary/aromatic N) is 4. The summed E-state index contributed by atoms with van der Waals surface area (Å²) in [4.78, 5) is 21.1. The zero-order valence-electron chi connectivity index (χ0n) is 10.6. The third-order valence-corrected chi connectivity index (χ3v) is 3.93. The molecule has 0 aliphatic rings. The van der Waals surface area contributed by atoms with Crippen molar-refractivity contribution in [2.24, 2.45) is 0 Å². The fourth-order valence-electron chi connectivity index (χ4n) is 1.52. The van der Waals surface area contributed by atoms with E-state index in [0.717, 1.165) is 0 Å². The molecular weight excluding hydrogens is 300 g/mol. The lowest BCUT2D eigenvalue weighted by Crippen LogP contribution is -2.08. The van der Waals surface area contributed by atoms with Crippen LogP contribution in [0, 0.1) is 10.1 Å². The van der Waals surface area contributed by atoms with Crippen LogP contribution in [0.5, 0.6) is 0 Å². The van der Waals surface area contributed by atoms with Crippen LogP contribution < -0.4 is 0 Å². The van der Waals surface area contributed by atoms with Gasteiger partial charge in [0.2, 0.25) is 0 Å². The number of benzene rings is 1. The van der Waals surface area contributed by atoms with Crippen LogP contribution in [0.25, 0.3) is 0 Å². The number of nitro benzene ring substituents is 1. The number of nitro groups is 1. The van der Waals surface area contributed by atoms with E-state index in [-0.39, 0.29) is 23.7 Å². The van der Waals surface area contributed by atoms with E-state index in [4.69, 9.17) is 5.11 Å². The Hall–Kier alpha value is -2.62. The zero-order chi connectivity index (χ0) is 15.4. The number of carboxylic acid groups (broad SMARTS) is 1. The quantitative estimate of drug-likeness (QED) is 0.614. The minimum Gasteiger partial charge on any atom is -0.476 e.